The van der Waals surface area contributed by atoms with Crippen LogP contribution in [0.2, 0.25) is 0 Å². The maximum Gasteiger partial charge on any atom is 0.416 e. The summed E-state index contributed by atoms with van der Waals surface area (Å²) >= 11 is 0. The standard InChI is InChI=1S/C31H29F3N2O5/c1-18-24(27(39-3)29(41-5)28(40-4)26(18)38-2)15-19-8-13-23(20-7-6-14-35-17-20)25(16-19)30(37)36-22-11-9-21(10-12-22)31(32,33)34/h6-14,16-17H,15H2,1-5H3,(H,36,37). The number of amides is 1. The lowest BCUT2D eigenvalue weighted by Gasteiger charge is -2.22. The number of pyridine rings is 1. The Hall–Kier alpha value is -4.73. The molecule has 0 unspecified atom stereocenters. The number of alkyl halides is 3. The van der Waals surface area contributed by atoms with E-state index in [0.29, 0.717) is 46.1 Å². The highest BCUT2D eigenvalue weighted by atomic mass is 19.4. The zero-order chi connectivity index (χ0) is 29.7. The van der Waals surface area contributed by atoms with Crippen molar-refractivity contribution >= 4 is 11.6 Å². The number of hydrogen-bond acceptors (Lipinski definition) is 6. The van der Waals surface area contributed by atoms with Gasteiger partial charge in [0.15, 0.2) is 11.5 Å². The Morgan fingerprint density at radius 2 is 1.49 bits per heavy atom. The van der Waals surface area contributed by atoms with E-state index in [1.54, 1.807) is 24.5 Å². The molecule has 7 nitrogen and oxygen atoms in total. The van der Waals surface area contributed by atoms with Gasteiger partial charge in [0.2, 0.25) is 11.5 Å². The monoisotopic (exact) mass is 566 g/mol. The fourth-order valence-electron chi connectivity index (χ4n) is 4.67. The predicted molar refractivity (Wildman–Crippen MR) is 149 cm³/mol. The van der Waals surface area contributed by atoms with E-state index in [1.807, 2.05) is 25.1 Å². The molecular weight excluding hydrogens is 537 g/mol. The lowest BCUT2D eigenvalue weighted by atomic mass is 9.93. The maximum absolute atomic E-state index is 13.5. The zero-order valence-electron chi connectivity index (χ0n) is 23.2. The molecular formula is C31H29F3N2O5. The number of carbonyl (C=O) groups excluding carboxylic acids is 1. The van der Waals surface area contributed by atoms with Crippen LogP contribution in [0.15, 0.2) is 67.0 Å². The highest BCUT2D eigenvalue weighted by Crippen LogP contribution is 2.50. The van der Waals surface area contributed by atoms with Crippen molar-refractivity contribution in [3.8, 4) is 34.1 Å². The zero-order valence-corrected chi connectivity index (χ0v) is 23.2. The average molecular weight is 567 g/mol. The van der Waals surface area contributed by atoms with Gasteiger partial charge in [-0.1, -0.05) is 18.2 Å². The van der Waals surface area contributed by atoms with Gasteiger partial charge in [-0.3, -0.25) is 9.78 Å². The van der Waals surface area contributed by atoms with E-state index in [-0.39, 0.29) is 5.69 Å². The van der Waals surface area contributed by atoms with E-state index in [9.17, 15) is 18.0 Å². The van der Waals surface area contributed by atoms with Crippen LogP contribution >= 0.6 is 0 Å². The van der Waals surface area contributed by atoms with Crippen molar-refractivity contribution in [3.05, 3.63) is 94.8 Å². The number of nitrogens with one attached hydrogen (secondary N) is 1. The summed E-state index contributed by atoms with van der Waals surface area (Å²) in [7, 11) is 6.08. The SMILES string of the molecule is COc1c(C)c(Cc2ccc(-c3cccnc3)c(C(=O)Nc3ccc(C(F)(F)F)cc3)c2)c(OC)c(OC)c1OC. The molecule has 41 heavy (non-hydrogen) atoms. The normalized spacial score (nSPS) is 11.1. The number of benzene rings is 3. The molecule has 0 fully saturated rings. The quantitative estimate of drug-likeness (QED) is 0.236. The van der Waals surface area contributed by atoms with Gasteiger partial charge < -0.3 is 24.3 Å². The Morgan fingerprint density at radius 1 is 0.854 bits per heavy atom. The molecule has 0 radical (unpaired) electrons. The third kappa shape index (κ3) is 6.06. The Labute approximate surface area is 235 Å². The molecule has 0 aliphatic heterocycles. The lowest BCUT2D eigenvalue weighted by Crippen LogP contribution is -2.14. The molecule has 1 N–H and O–H groups in total. The van der Waals surface area contributed by atoms with Gasteiger partial charge in [-0.05, 0) is 54.4 Å². The lowest BCUT2D eigenvalue weighted by molar-refractivity contribution is -0.137. The third-order valence-corrected chi connectivity index (χ3v) is 6.65. The first-order valence-corrected chi connectivity index (χ1v) is 12.5. The van der Waals surface area contributed by atoms with Crippen molar-refractivity contribution in [1.29, 1.82) is 0 Å². The highest BCUT2D eigenvalue weighted by molar-refractivity contribution is 6.08. The first kappa shape index (κ1) is 29.3. The summed E-state index contributed by atoms with van der Waals surface area (Å²) in [5, 5.41) is 2.72. The smallest absolute Gasteiger partial charge is 0.416 e. The van der Waals surface area contributed by atoms with Crippen LogP contribution in [0.4, 0.5) is 18.9 Å². The number of nitrogens with zero attached hydrogens (tertiary/aromatic N) is 1. The number of methoxy groups -OCH3 is 4. The molecule has 0 saturated carbocycles. The molecule has 0 atom stereocenters. The van der Waals surface area contributed by atoms with Gasteiger partial charge in [-0.25, -0.2) is 0 Å². The molecule has 1 aromatic heterocycles. The molecule has 3 aromatic carbocycles. The van der Waals surface area contributed by atoms with E-state index < -0.39 is 17.6 Å². The van der Waals surface area contributed by atoms with Crippen molar-refractivity contribution in [2.24, 2.45) is 0 Å². The molecule has 4 aromatic rings. The number of carbonyl (C=O) groups is 1. The topological polar surface area (TPSA) is 78.9 Å². The van der Waals surface area contributed by atoms with Crippen molar-refractivity contribution < 1.29 is 36.9 Å². The van der Waals surface area contributed by atoms with Gasteiger partial charge in [0, 0.05) is 46.8 Å². The molecule has 0 bridgehead atoms. The van der Waals surface area contributed by atoms with Crippen LogP contribution in [0.5, 0.6) is 23.0 Å². The summed E-state index contributed by atoms with van der Waals surface area (Å²) in [4.78, 5) is 17.7. The Kier molecular flexibility index (Phi) is 8.71. The molecule has 0 spiro atoms. The van der Waals surface area contributed by atoms with E-state index in [4.69, 9.17) is 18.9 Å². The summed E-state index contributed by atoms with van der Waals surface area (Å²) in [6, 6.07) is 13.3. The number of halogens is 3. The van der Waals surface area contributed by atoms with Crippen LogP contribution in [0, 0.1) is 6.92 Å². The van der Waals surface area contributed by atoms with Gasteiger partial charge in [0.1, 0.15) is 0 Å². The van der Waals surface area contributed by atoms with E-state index in [1.165, 1.54) is 40.6 Å². The van der Waals surface area contributed by atoms with Gasteiger partial charge >= 0.3 is 6.18 Å². The largest absolute Gasteiger partial charge is 0.492 e. The van der Waals surface area contributed by atoms with Crippen LogP contribution in [0.25, 0.3) is 11.1 Å². The van der Waals surface area contributed by atoms with Crippen LogP contribution in [0.3, 0.4) is 0 Å². The fraction of sp³-hybridized carbons (Fsp3) is 0.226. The van der Waals surface area contributed by atoms with Crippen molar-refractivity contribution in [2.75, 3.05) is 33.8 Å². The van der Waals surface area contributed by atoms with E-state index >= 15 is 0 Å². The third-order valence-electron chi connectivity index (χ3n) is 6.65. The Bertz CT molecular complexity index is 1540. The van der Waals surface area contributed by atoms with Crippen LogP contribution in [-0.2, 0) is 12.6 Å². The van der Waals surface area contributed by atoms with Gasteiger partial charge in [-0.2, -0.15) is 13.2 Å². The first-order valence-electron chi connectivity index (χ1n) is 12.5. The number of hydrogen-bond donors (Lipinski definition) is 1. The molecule has 214 valence electrons. The molecule has 10 heteroatoms. The second-order valence-corrected chi connectivity index (χ2v) is 9.06. The second-order valence-electron chi connectivity index (χ2n) is 9.06. The summed E-state index contributed by atoms with van der Waals surface area (Å²) in [5.41, 5.74) is 3.37. The minimum absolute atomic E-state index is 0.229. The van der Waals surface area contributed by atoms with Gasteiger partial charge in [0.25, 0.3) is 5.91 Å². The average Bonchev–Trinajstić information content (AvgIpc) is 2.97. The number of aromatic nitrogens is 1. The van der Waals surface area contributed by atoms with Gasteiger partial charge in [0.05, 0.1) is 34.0 Å². The summed E-state index contributed by atoms with van der Waals surface area (Å²) < 4.78 is 61.5. The van der Waals surface area contributed by atoms with Crippen LogP contribution < -0.4 is 24.3 Å². The fourth-order valence-corrected chi connectivity index (χ4v) is 4.67. The Morgan fingerprint density at radius 3 is 2.05 bits per heavy atom. The number of ether oxygens (including phenoxy) is 4. The summed E-state index contributed by atoms with van der Waals surface area (Å²) in [6.45, 7) is 1.88. The van der Waals surface area contributed by atoms with Crippen molar-refractivity contribution in [1.82, 2.24) is 4.98 Å². The van der Waals surface area contributed by atoms with Crippen molar-refractivity contribution in [2.45, 2.75) is 19.5 Å². The van der Waals surface area contributed by atoms with Crippen LogP contribution in [0.1, 0.15) is 32.6 Å². The van der Waals surface area contributed by atoms with E-state index in [2.05, 4.69) is 10.3 Å². The van der Waals surface area contributed by atoms with Crippen LogP contribution in [-0.4, -0.2) is 39.3 Å². The number of rotatable bonds is 9. The summed E-state index contributed by atoms with van der Waals surface area (Å²) in [5.74, 6) is 1.25. The molecule has 0 aliphatic rings. The van der Waals surface area contributed by atoms with E-state index in [0.717, 1.165) is 28.8 Å². The first-order chi connectivity index (χ1) is 19.6. The molecule has 4 rings (SSSR count). The highest BCUT2D eigenvalue weighted by Gasteiger charge is 2.30. The number of anilines is 1. The maximum atomic E-state index is 13.5. The molecule has 1 heterocycles. The van der Waals surface area contributed by atoms with Gasteiger partial charge in [-0.15, -0.1) is 0 Å². The Balaban J connectivity index is 1.78. The van der Waals surface area contributed by atoms with Crippen molar-refractivity contribution in [3.63, 3.8) is 0 Å². The summed E-state index contributed by atoms with van der Waals surface area (Å²) in [6.07, 6.45) is -0.869. The molecule has 0 saturated heterocycles. The molecule has 0 aliphatic carbocycles. The predicted octanol–water partition coefficient (Wildman–Crippen LogP) is 6.95. The molecule has 1 amide bonds. The minimum Gasteiger partial charge on any atom is -0.492 e. The second kappa shape index (κ2) is 12.2. The minimum atomic E-state index is -4.48.